The number of nitrogens with one attached hydrogen (secondary N) is 1. The summed E-state index contributed by atoms with van der Waals surface area (Å²) in [6.07, 6.45) is -0.471. The van der Waals surface area contributed by atoms with Crippen molar-refractivity contribution in [3.05, 3.63) is 46.3 Å². The summed E-state index contributed by atoms with van der Waals surface area (Å²) >= 11 is 1.59. The zero-order valence-corrected chi connectivity index (χ0v) is 11.0. The molecule has 0 aliphatic heterocycles. The number of rotatable bonds is 6. The highest BCUT2D eigenvalue weighted by molar-refractivity contribution is 7.07. The molecule has 2 N–H and O–H groups in total. The lowest BCUT2D eigenvalue weighted by Crippen LogP contribution is -2.21. The highest BCUT2D eigenvalue weighted by Gasteiger charge is 2.07. The first-order valence-electron chi connectivity index (χ1n) is 5.70. The number of hydrogen-bond acceptors (Lipinski definition) is 5. The van der Waals surface area contributed by atoms with Crippen LogP contribution < -0.4 is 10.1 Å². The van der Waals surface area contributed by atoms with Gasteiger partial charge in [-0.15, -0.1) is 0 Å². The number of aliphatic hydroxyl groups excluding tert-OH is 1. The van der Waals surface area contributed by atoms with Gasteiger partial charge in [-0.3, -0.25) is 0 Å². The van der Waals surface area contributed by atoms with Gasteiger partial charge in [-0.05, 0) is 28.5 Å². The van der Waals surface area contributed by atoms with Crippen LogP contribution in [0.3, 0.4) is 0 Å². The van der Waals surface area contributed by atoms with Crippen LogP contribution in [-0.2, 0) is 6.54 Å². The third kappa shape index (κ3) is 3.53. The van der Waals surface area contributed by atoms with Gasteiger partial charge in [-0.25, -0.2) is 4.98 Å². The summed E-state index contributed by atoms with van der Waals surface area (Å²) in [5.41, 5.74) is 1.85. The fraction of sp³-hybridized carbons (Fsp3) is 0.308. The van der Waals surface area contributed by atoms with Gasteiger partial charge in [-0.1, -0.05) is 6.07 Å². The van der Waals surface area contributed by atoms with Crippen LogP contribution in [0.25, 0.3) is 0 Å². The van der Waals surface area contributed by atoms with Crippen LogP contribution in [-0.4, -0.2) is 23.7 Å². The molecule has 0 radical (unpaired) electrons. The maximum absolute atomic E-state index is 9.89. The first kappa shape index (κ1) is 13.0. The molecule has 0 saturated carbocycles. The van der Waals surface area contributed by atoms with E-state index in [0.717, 1.165) is 11.3 Å². The summed E-state index contributed by atoms with van der Waals surface area (Å²) < 4.78 is 5.05. The molecule has 4 nitrogen and oxygen atoms in total. The van der Waals surface area contributed by atoms with E-state index in [9.17, 15) is 5.11 Å². The zero-order chi connectivity index (χ0) is 12.8. The molecule has 2 heterocycles. The van der Waals surface area contributed by atoms with E-state index in [1.807, 2.05) is 35.0 Å². The van der Waals surface area contributed by atoms with Gasteiger partial charge in [0.2, 0.25) is 5.88 Å². The second kappa shape index (κ2) is 6.49. The number of nitrogens with zero attached hydrogens (tertiary/aromatic N) is 1. The Morgan fingerprint density at radius 3 is 3.06 bits per heavy atom. The number of methoxy groups -OCH3 is 1. The van der Waals surface area contributed by atoms with Crippen LogP contribution in [0, 0.1) is 0 Å². The van der Waals surface area contributed by atoms with E-state index in [0.29, 0.717) is 19.0 Å². The predicted octanol–water partition coefficient (Wildman–Crippen LogP) is 1.97. The summed E-state index contributed by atoms with van der Waals surface area (Å²) in [4.78, 5) is 4.29. The normalized spacial score (nSPS) is 12.3. The molecule has 0 bridgehead atoms. The zero-order valence-electron chi connectivity index (χ0n) is 10.2. The number of thiophene rings is 1. The van der Waals surface area contributed by atoms with Gasteiger partial charge >= 0.3 is 0 Å². The molecule has 2 aromatic heterocycles. The largest absolute Gasteiger partial charge is 0.481 e. The highest BCUT2D eigenvalue weighted by atomic mass is 32.1. The minimum Gasteiger partial charge on any atom is -0.481 e. The van der Waals surface area contributed by atoms with Gasteiger partial charge in [0, 0.05) is 19.2 Å². The van der Waals surface area contributed by atoms with Gasteiger partial charge in [0.15, 0.2) is 0 Å². The molecule has 96 valence electrons. The quantitative estimate of drug-likeness (QED) is 0.837. The van der Waals surface area contributed by atoms with Crippen molar-refractivity contribution in [3.8, 4) is 5.88 Å². The molecule has 0 aliphatic rings. The number of pyridine rings is 1. The Bertz CT molecular complexity index is 474. The first-order chi connectivity index (χ1) is 8.79. The van der Waals surface area contributed by atoms with Gasteiger partial charge in [0.1, 0.15) is 0 Å². The maximum atomic E-state index is 9.89. The Morgan fingerprint density at radius 1 is 1.44 bits per heavy atom. The third-order valence-electron chi connectivity index (χ3n) is 2.56. The predicted molar refractivity (Wildman–Crippen MR) is 71.8 cm³/mol. The molecular formula is C13H16N2O2S. The smallest absolute Gasteiger partial charge is 0.213 e. The maximum Gasteiger partial charge on any atom is 0.213 e. The molecule has 0 spiro atoms. The fourth-order valence-corrected chi connectivity index (χ4v) is 2.30. The van der Waals surface area contributed by atoms with E-state index in [1.165, 1.54) is 0 Å². The minimum absolute atomic E-state index is 0.471. The van der Waals surface area contributed by atoms with Crippen LogP contribution in [0.15, 0.2) is 35.0 Å². The summed E-state index contributed by atoms with van der Waals surface area (Å²) in [5, 5.41) is 17.0. The Labute approximate surface area is 110 Å². The minimum atomic E-state index is -0.471. The molecular weight excluding hydrogens is 248 g/mol. The second-order valence-electron chi connectivity index (χ2n) is 3.87. The summed E-state index contributed by atoms with van der Waals surface area (Å²) in [7, 11) is 1.60. The molecule has 5 heteroatoms. The van der Waals surface area contributed by atoms with E-state index < -0.39 is 6.10 Å². The van der Waals surface area contributed by atoms with Gasteiger partial charge in [0.25, 0.3) is 0 Å². The van der Waals surface area contributed by atoms with Crippen LogP contribution in [0.4, 0.5) is 0 Å². The SMILES string of the molecule is COc1cccc(CNCC(O)c2ccsc2)n1. The molecule has 0 amide bonds. The van der Waals surface area contributed by atoms with Crippen molar-refractivity contribution < 1.29 is 9.84 Å². The second-order valence-corrected chi connectivity index (χ2v) is 4.65. The molecule has 1 unspecified atom stereocenters. The molecule has 0 saturated heterocycles. The lowest BCUT2D eigenvalue weighted by Gasteiger charge is -2.10. The number of ether oxygens (including phenoxy) is 1. The van der Waals surface area contributed by atoms with Gasteiger partial charge < -0.3 is 15.2 Å². The Kier molecular flexibility index (Phi) is 4.69. The summed E-state index contributed by atoms with van der Waals surface area (Å²) in [6.45, 7) is 1.12. The number of aliphatic hydroxyl groups is 1. The van der Waals surface area contributed by atoms with Crippen molar-refractivity contribution in [3.63, 3.8) is 0 Å². The molecule has 2 rings (SSSR count). The number of aromatic nitrogens is 1. The summed E-state index contributed by atoms with van der Waals surface area (Å²) in [5.74, 6) is 0.604. The van der Waals surface area contributed by atoms with E-state index >= 15 is 0 Å². The van der Waals surface area contributed by atoms with Crippen LogP contribution in [0.2, 0.25) is 0 Å². The lowest BCUT2D eigenvalue weighted by molar-refractivity contribution is 0.174. The van der Waals surface area contributed by atoms with E-state index in [1.54, 1.807) is 18.4 Å². The standard InChI is InChI=1S/C13H16N2O2S/c1-17-13-4-2-3-11(15-13)7-14-8-12(16)10-5-6-18-9-10/h2-6,9,12,14,16H,7-8H2,1H3. The van der Waals surface area contributed by atoms with Crippen molar-refractivity contribution in [1.82, 2.24) is 10.3 Å². The summed E-state index contributed by atoms with van der Waals surface area (Å²) in [6, 6.07) is 7.56. The van der Waals surface area contributed by atoms with E-state index in [4.69, 9.17) is 4.74 Å². The van der Waals surface area contributed by atoms with Crippen molar-refractivity contribution >= 4 is 11.3 Å². The van der Waals surface area contributed by atoms with Crippen LogP contribution >= 0.6 is 11.3 Å². The molecule has 0 fully saturated rings. The Morgan fingerprint density at radius 2 is 2.33 bits per heavy atom. The molecule has 2 aromatic rings. The first-order valence-corrected chi connectivity index (χ1v) is 6.64. The molecule has 18 heavy (non-hydrogen) atoms. The van der Waals surface area contributed by atoms with Crippen molar-refractivity contribution in [2.75, 3.05) is 13.7 Å². The monoisotopic (exact) mass is 264 g/mol. The van der Waals surface area contributed by atoms with Crippen molar-refractivity contribution in [1.29, 1.82) is 0 Å². The van der Waals surface area contributed by atoms with Crippen molar-refractivity contribution in [2.45, 2.75) is 12.6 Å². The average Bonchev–Trinajstić information content (AvgIpc) is 2.93. The number of hydrogen-bond donors (Lipinski definition) is 2. The highest BCUT2D eigenvalue weighted by Crippen LogP contribution is 2.15. The Balaban J connectivity index is 1.81. The topological polar surface area (TPSA) is 54.4 Å². The Hall–Kier alpha value is -1.43. The van der Waals surface area contributed by atoms with Crippen molar-refractivity contribution in [2.24, 2.45) is 0 Å². The fourth-order valence-electron chi connectivity index (χ4n) is 1.59. The van der Waals surface area contributed by atoms with Gasteiger partial charge in [-0.2, -0.15) is 11.3 Å². The lowest BCUT2D eigenvalue weighted by atomic mass is 10.2. The molecule has 0 aromatic carbocycles. The average molecular weight is 264 g/mol. The molecule has 0 aliphatic carbocycles. The van der Waals surface area contributed by atoms with E-state index in [-0.39, 0.29) is 0 Å². The molecule has 1 atom stereocenters. The third-order valence-corrected chi connectivity index (χ3v) is 3.26. The van der Waals surface area contributed by atoms with Gasteiger partial charge in [0.05, 0.1) is 18.9 Å². The van der Waals surface area contributed by atoms with Crippen LogP contribution in [0.5, 0.6) is 5.88 Å². The van der Waals surface area contributed by atoms with E-state index in [2.05, 4.69) is 10.3 Å². The van der Waals surface area contributed by atoms with Crippen LogP contribution in [0.1, 0.15) is 17.4 Å².